The number of hydrogen-bond donors (Lipinski definition) is 0. The van der Waals surface area contributed by atoms with Crippen LogP contribution in [0.5, 0.6) is 0 Å². The topological polar surface area (TPSA) is 58.9 Å². The van der Waals surface area contributed by atoms with Crippen molar-refractivity contribution in [3.63, 3.8) is 0 Å². The van der Waals surface area contributed by atoms with Crippen LogP contribution in [-0.2, 0) is 4.79 Å². The van der Waals surface area contributed by atoms with Crippen LogP contribution in [0.15, 0.2) is 21.3 Å². The van der Waals surface area contributed by atoms with Crippen LogP contribution in [-0.4, -0.2) is 24.0 Å². The highest BCUT2D eigenvalue weighted by atomic mass is 32.3. The van der Waals surface area contributed by atoms with Crippen LogP contribution >= 0.6 is 10.0 Å². The van der Waals surface area contributed by atoms with E-state index in [1.54, 1.807) is 5.55 Å². The summed E-state index contributed by atoms with van der Waals surface area (Å²) in [6.45, 7) is 0. The molecule has 1 rings (SSSR count). The summed E-state index contributed by atoms with van der Waals surface area (Å²) in [4.78, 5) is 25.0. The lowest BCUT2D eigenvalue weighted by molar-refractivity contribution is -0.113. The number of carbonyl (C=O) groups is 1. The molecule has 0 fully saturated rings. The van der Waals surface area contributed by atoms with Gasteiger partial charge in [0, 0.05) is 16.9 Å². The third-order valence-corrected chi connectivity index (χ3v) is 3.44. The molecule has 0 spiro atoms. The fraction of sp³-hybridized carbons (Fsp3) is 0.333. The zero-order valence-corrected chi connectivity index (χ0v) is 7.09. The van der Waals surface area contributed by atoms with Crippen LogP contribution in [0.4, 0.5) is 0 Å². The van der Waals surface area contributed by atoms with E-state index in [-0.39, 0.29) is 0 Å². The average Bonchev–Trinajstić information content (AvgIpc) is 2.28. The van der Waals surface area contributed by atoms with Crippen LogP contribution in [0.3, 0.4) is 0 Å². The van der Waals surface area contributed by atoms with Crippen molar-refractivity contribution in [1.29, 1.82) is 0 Å². The second kappa shape index (κ2) is 2.58. The second-order valence-corrected chi connectivity index (χ2v) is 6.01. The van der Waals surface area contributed by atoms with Crippen LogP contribution < -0.4 is 0 Å². The smallest absolute Gasteiger partial charge is 0.263 e. The molecule has 11 heavy (non-hydrogen) atoms. The Balaban J connectivity index is 2.93. The fourth-order valence-electron chi connectivity index (χ4n) is 0.768. The maximum atomic E-state index is 10.8. The molecule has 0 aromatic rings. The molecular formula is C6H8N2O2S. The number of nitrogens with zero attached hydrogens (tertiary/aromatic N) is 2. The Morgan fingerprint density at radius 3 is 2.64 bits per heavy atom. The standard InChI is InChI=1S/C6H8N2O2S/c1-11(2)4-7-3-5(11)6(9)8-10/h3-4H,1-2H3. The number of nitroso groups, excluding NO2 is 1. The van der Waals surface area contributed by atoms with Gasteiger partial charge in [-0.2, -0.15) is 10.0 Å². The summed E-state index contributed by atoms with van der Waals surface area (Å²) in [5.74, 6) is -0.692. The number of hydrogen-bond acceptors (Lipinski definition) is 3. The largest absolute Gasteiger partial charge is 0.323 e. The summed E-state index contributed by atoms with van der Waals surface area (Å²) in [5.41, 5.74) is 1.70. The van der Waals surface area contributed by atoms with Gasteiger partial charge in [0.1, 0.15) is 0 Å². The molecule has 1 aliphatic heterocycles. The molecule has 0 unspecified atom stereocenters. The van der Waals surface area contributed by atoms with E-state index in [1.165, 1.54) is 6.20 Å². The molecular weight excluding hydrogens is 164 g/mol. The van der Waals surface area contributed by atoms with Gasteiger partial charge in [0.25, 0.3) is 0 Å². The Morgan fingerprint density at radius 1 is 1.64 bits per heavy atom. The minimum absolute atomic E-state index is 0.438. The summed E-state index contributed by atoms with van der Waals surface area (Å²) in [7, 11) is -1.27. The van der Waals surface area contributed by atoms with Crippen molar-refractivity contribution >= 4 is 21.5 Å². The van der Waals surface area contributed by atoms with Gasteiger partial charge in [-0.15, -0.1) is 4.91 Å². The molecule has 0 aromatic carbocycles. The quantitative estimate of drug-likeness (QED) is 0.558. The Bertz CT molecular complexity index is 268. The summed E-state index contributed by atoms with van der Waals surface area (Å²) in [6.07, 6.45) is 5.19. The predicted molar refractivity (Wildman–Crippen MR) is 46.8 cm³/mol. The summed E-state index contributed by atoms with van der Waals surface area (Å²) in [6, 6.07) is 0. The molecule has 1 heterocycles. The van der Waals surface area contributed by atoms with Gasteiger partial charge in [-0.1, -0.05) is 0 Å². The number of rotatable bonds is 1. The van der Waals surface area contributed by atoms with Gasteiger partial charge in [0.15, 0.2) is 0 Å². The lowest BCUT2D eigenvalue weighted by atomic mass is 10.6. The predicted octanol–water partition coefficient (Wildman–Crippen LogP) is 1.23. The first-order valence-corrected chi connectivity index (χ1v) is 5.43. The van der Waals surface area contributed by atoms with E-state index in [2.05, 4.69) is 10.2 Å². The van der Waals surface area contributed by atoms with Crippen LogP contribution in [0, 0.1) is 4.91 Å². The van der Waals surface area contributed by atoms with Gasteiger partial charge >= 0.3 is 5.91 Å². The zero-order chi connectivity index (χ0) is 8.48. The van der Waals surface area contributed by atoms with Crippen molar-refractivity contribution in [2.75, 3.05) is 12.5 Å². The summed E-state index contributed by atoms with van der Waals surface area (Å²) >= 11 is 0. The van der Waals surface area contributed by atoms with E-state index < -0.39 is 15.9 Å². The van der Waals surface area contributed by atoms with Gasteiger partial charge in [0.2, 0.25) is 0 Å². The lowest BCUT2D eigenvalue weighted by Crippen LogP contribution is -2.04. The first-order chi connectivity index (χ1) is 5.08. The minimum atomic E-state index is -1.27. The van der Waals surface area contributed by atoms with Crippen molar-refractivity contribution in [2.24, 2.45) is 10.2 Å². The Labute approximate surface area is 65.7 Å². The monoisotopic (exact) mass is 172 g/mol. The molecule has 0 bridgehead atoms. The minimum Gasteiger partial charge on any atom is -0.263 e. The third-order valence-electron chi connectivity index (χ3n) is 1.38. The molecule has 1 aliphatic rings. The Morgan fingerprint density at radius 2 is 2.27 bits per heavy atom. The maximum absolute atomic E-state index is 10.8. The average molecular weight is 172 g/mol. The van der Waals surface area contributed by atoms with Crippen molar-refractivity contribution < 1.29 is 4.79 Å². The maximum Gasteiger partial charge on any atom is 0.323 e. The van der Waals surface area contributed by atoms with Gasteiger partial charge in [-0.25, -0.2) is 0 Å². The molecule has 60 valence electrons. The van der Waals surface area contributed by atoms with E-state index in [0.29, 0.717) is 4.91 Å². The lowest BCUT2D eigenvalue weighted by Gasteiger charge is -2.21. The highest BCUT2D eigenvalue weighted by molar-refractivity contribution is 8.46. The molecule has 0 atom stereocenters. The number of aliphatic imine (C=N–C) groups is 1. The van der Waals surface area contributed by atoms with E-state index in [0.717, 1.165) is 0 Å². The van der Waals surface area contributed by atoms with Crippen LogP contribution in [0.2, 0.25) is 0 Å². The molecule has 1 amide bonds. The molecule has 5 heteroatoms. The molecule has 0 saturated heterocycles. The van der Waals surface area contributed by atoms with E-state index in [1.807, 2.05) is 12.5 Å². The van der Waals surface area contributed by atoms with Gasteiger partial charge < -0.3 is 0 Å². The van der Waals surface area contributed by atoms with Crippen molar-refractivity contribution in [1.82, 2.24) is 0 Å². The Hall–Kier alpha value is -0.970. The van der Waals surface area contributed by atoms with E-state index >= 15 is 0 Å². The molecule has 0 radical (unpaired) electrons. The summed E-state index contributed by atoms with van der Waals surface area (Å²) in [5, 5.41) is 2.35. The van der Waals surface area contributed by atoms with Crippen molar-refractivity contribution in [3.05, 3.63) is 16.0 Å². The van der Waals surface area contributed by atoms with Gasteiger partial charge in [-0.3, -0.25) is 9.79 Å². The number of amides is 1. The third kappa shape index (κ3) is 1.37. The molecule has 4 nitrogen and oxygen atoms in total. The SMILES string of the molecule is CS1(C)C=NC=C1C(=O)N=O. The van der Waals surface area contributed by atoms with Crippen LogP contribution in [0.25, 0.3) is 0 Å². The fourth-order valence-corrected chi connectivity index (χ4v) is 2.07. The number of carbonyl (C=O) groups excluding carboxylic acids is 1. The first-order valence-electron chi connectivity index (χ1n) is 2.92. The highest BCUT2D eigenvalue weighted by Crippen LogP contribution is 2.49. The van der Waals surface area contributed by atoms with E-state index in [4.69, 9.17) is 0 Å². The highest BCUT2D eigenvalue weighted by Gasteiger charge is 2.26. The summed E-state index contributed by atoms with van der Waals surface area (Å²) < 4.78 is 0. The first kappa shape index (κ1) is 8.13. The van der Waals surface area contributed by atoms with Gasteiger partial charge in [0.05, 0.1) is 4.91 Å². The second-order valence-electron chi connectivity index (χ2n) is 2.55. The molecule has 0 aromatic heterocycles. The molecule has 0 aliphatic carbocycles. The normalized spacial score (nSPS) is 22.5. The zero-order valence-electron chi connectivity index (χ0n) is 6.27. The van der Waals surface area contributed by atoms with Crippen molar-refractivity contribution in [2.45, 2.75) is 0 Å². The van der Waals surface area contributed by atoms with E-state index in [9.17, 15) is 9.70 Å². The van der Waals surface area contributed by atoms with Crippen LogP contribution in [0.1, 0.15) is 0 Å². The van der Waals surface area contributed by atoms with Gasteiger partial charge in [-0.05, 0) is 12.5 Å². The molecule has 0 N–H and O–H groups in total. The molecule has 0 saturated carbocycles. The Kier molecular flexibility index (Phi) is 1.90. The van der Waals surface area contributed by atoms with Crippen molar-refractivity contribution in [3.8, 4) is 0 Å².